The highest BCUT2D eigenvalue weighted by molar-refractivity contribution is 5.84. The Hall–Kier alpha value is -5.00. The monoisotopic (exact) mass is 470 g/mol. The standard InChI is InChI=1S/C31H22N2O3/c32-18-26-11-14-30(17-27(26)19-33)36-31(20-34-28-12-9-22-5-1-3-7-24(22)15-28)21-35-29-13-10-23-6-2-4-8-25(23)16-29/h1-17,31H,20-21H2. The van der Waals surface area contributed by atoms with Gasteiger partial charge in [-0.05, 0) is 64.0 Å². The van der Waals surface area contributed by atoms with E-state index in [-0.39, 0.29) is 18.8 Å². The Balaban J connectivity index is 1.34. The average molecular weight is 471 g/mol. The smallest absolute Gasteiger partial charge is 0.166 e. The van der Waals surface area contributed by atoms with Crippen LogP contribution in [0.3, 0.4) is 0 Å². The SMILES string of the molecule is N#Cc1ccc(OC(COc2ccc3ccccc3c2)COc2ccc3ccccc3c2)cc1C#N. The lowest BCUT2D eigenvalue weighted by Crippen LogP contribution is -2.31. The van der Waals surface area contributed by atoms with Crippen LogP contribution < -0.4 is 14.2 Å². The van der Waals surface area contributed by atoms with Crippen molar-refractivity contribution in [2.45, 2.75) is 6.10 Å². The van der Waals surface area contributed by atoms with E-state index in [9.17, 15) is 10.5 Å². The molecule has 0 aliphatic heterocycles. The first-order valence-corrected chi connectivity index (χ1v) is 11.6. The molecule has 5 aromatic carbocycles. The molecule has 174 valence electrons. The van der Waals surface area contributed by atoms with Gasteiger partial charge in [0.25, 0.3) is 0 Å². The zero-order valence-electron chi connectivity index (χ0n) is 19.4. The zero-order chi connectivity index (χ0) is 24.7. The molecule has 0 atom stereocenters. The summed E-state index contributed by atoms with van der Waals surface area (Å²) in [6, 6.07) is 37.0. The van der Waals surface area contributed by atoms with Crippen LogP contribution in [0.2, 0.25) is 0 Å². The Morgan fingerprint density at radius 3 is 1.56 bits per heavy atom. The summed E-state index contributed by atoms with van der Waals surface area (Å²) < 4.78 is 18.3. The van der Waals surface area contributed by atoms with Crippen molar-refractivity contribution in [2.24, 2.45) is 0 Å². The van der Waals surface area contributed by atoms with Crippen LogP contribution in [-0.2, 0) is 0 Å². The summed E-state index contributed by atoms with van der Waals surface area (Å²) in [5.74, 6) is 1.93. The highest BCUT2D eigenvalue weighted by Gasteiger charge is 2.15. The molecule has 0 bridgehead atoms. The highest BCUT2D eigenvalue weighted by Crippen LogP contribution is 2.24. The van der Waals surface area contributed by atoms with Gasteiger partial charge < -0.3 is 14.2 Å². The Bertz CT molecular complexity index is 1530. The maximum atomic E-state index is 9.38. The van der Waals surface area contributed by atoms with Crippen LogP contribution in [0.1, 0.15) is 11.1 Å². The molecule has 5 rings (SSSR count). The number of ether oxygens (including phenoxy) is 3. The third-order valence-corrected chi connectivity index (χ3v) is 5.85. The second-order valence-electron chi connectivity index (χ2n) is 8.31. The van der Waals surface area contributed by atoms with Gasteiger partial charge in [0, 0.05) is 0 Å². The van der Waals surface area contributed by atoms with Gasteiger partial charge in [0.15, 0.2) is 6.10 Å². The molecule has 0 radical (unpaired) electrons. The van der Waals surface area contributed by atoms with Gasteiger partial charge in [-0.2, -0.15) is 10.5 Å². The fourth-order valence-corrected chi connectivity index (χ4v) is 3.99. The quantitative estimate of drug-likeness (QED) is 0.254. The molecule has 0 saturated carbocycles. The first-order chi connectivity index (χ1) is 17.7. The summed E-state index contributed by atoms with van der Waals surface area (Å²) in [6.45, 7) is 0.460. The third-order valence-electron chi connectivity index (χ3n) is 5.85. The van der Waals surface area contributed by atoms with Crippen LogP contribution in [-0.4, -0.2) is 19.3 Å². The van der Waals surface area contributed by atoms with Crippen molar-refractivity contribution in [2.75, 3.05) is 13.2 Å². The van der Waals surface area contributed by atoms with Crippen LogP contribution in [0, 0.1) is 22.7 Å². The average Bonchev–Trinajstić information content (AvgIpc) is 2.94. The molecule has 0 fully saturated rings. The van der Waals surface area contributed by atoms with Crippen molar-refractivity contribution >= 4 is 21.5 Å². The molecule has 0 N–H and O–H groups in total. The van der Waals surface area contributed by atoms with E-state index in [0.717, 1.165) is 33.0 Å². The summed E-state index contributed by atoms with van der Waals surface area (Å²) in [5.41, 5.74) is 0.570. The normalized spacial score (nSPS) is 10.6. The first kappa shape index (κ1) is 22.8. The van der Waals surface area contributed by atoms with Gasteiger partial charge in [0.1, 0.15) is 42.6 Å². The van der Waals surface area contributed by atoms with Crippen molar-refractivity contribution in [3.05, 3.63) is 114 Å². The van der Waals surface area contributed by atoms with Crippen LogP contribution in [0.15, 0.2) is 103 Å². The number of hydrogen-bond acceptors (Lipinski definition) is 5. The number of benzene rings is 5. The molecule has 0 heterocycles. The topological polar surface area (TPSA) is 75.3 Å². The van der Waals surface area contributed by atoms with Crippen molar-refractivity contribution in [3.63, 3.8) is 0 Å². The molecule has 0 spiro atoms. The molecule has 5 aromatic rings. The number of rotatable bonds is 8. The minimum Gasteiger partial charge on any atom is -0.490 e. The van der Waals surface area contributed by atoms with E-state index < -0.39 is 6.10 Å². The summed E-state index contributed by atoms with van der Waals surface area (Å²) in [7, 11) is 0. The minimum absolute atomic E-state index is 0.230. The summed E-state index contributed by atoms with van der Waals surface area (Å²) in [6.07, 6.45) is -0.470. The number of hydrogen-bond donors (Lipinski definition) is 0. The second-order valence-corrected chi connectivity index (χ2v) is 8.31. The van der Waals surface area contributed by atoms with E-state index in [1.807, 2.05) is 84.9 Å². The Morgan fingerprint density at radius 2 is 1.03 bits per heavy atom. The molecular weight excluding hydrogens is 448 g/mol. The van der Waals surface area contributed by atoms with E-state index in [4.69, 9.17) is 14.2 Å². The summed E-state index contributed by atoms with van der Waals surface area (Å²) in [4.78, 5) is 0. The molecular formula is C31H22N2O3. The molecule has 0 aliphatic rings. The van der Waals surface area contributed by atoms with Gasteiger partial charge in [0.05, 0.1) is 11.1 Å². The van der Waals surface area contributed by atoms with E-state index >= 15 is 0 Å². The van der Waals surface area contributed by atoms with Gasteiger partial charge in [-0.15, -0.1) is 0 Å². The van der Waals surface area contributed by atoms with E-state index in [2.05, 4.69) is 12.1 Å². The summed E-state index contributed by atoms with van der Waals surface area (Å²) >= 11 is 0. The maximum Gasteiger partial charge on any atom is 0.166 e. The molecule has 36 heavy (non-hydrogen) atoms. The van der Waals surface area contributed by atoms with Crippen LogP contribution in [0.5, 0.6) is 17.2 Å². The molecule has 0 saturated heterocycles. The van der Waals surface area contributed by atoms with Crippen molar-refractivity contribution in [1.82, 2.24) is 0 Å². The lowest BCUT2D eigenvalue weighted by Gasteiger charge is -2.21. The Morgan fingerprint density at radius 1 is 0.528 bits per heavy atom. The van der Waals surface area contributed by atoms with Gasteiger partial charge >= 0.3 is 0 Å². The molecule has 5 nitrogen and oxygen atoms in total. The van der Waals surface area contributed by atoms with Gasteiger partial charge in [-0.3, -0.25) is 0 Å². The van der Waals surface area contributed by atoms with Gasteiger partial charge in [-0.1, -0.05) is 60.7 Å². The molecule has 0 aliphatic carbocycles. The van der Waals surface area contributed by atoms with E-state index in [0.29, 0.717) is 11.3 Å². The summed E-state index contributed by atoms with van der Waals surface area (Å²) in [5, 5.41) is 23.0. The molecule has 0 amide bonds. The zero-order valence-corrected chi connectivity index (χ0v) is 19.4. The minimum atomic E-state index is -0.470. The van der Waals surface area contributed by atoms with Crippen LogP contribution in [0.25, 0.3) is 21.5 Å². The Labute approximate surface area is 209 Å². The van der Waals surface area contributed by atoms with E-state index in [1.165, 1.54) is 0 Å². The number of fused-ring (bicyclic) bond motifs is 2. The lowest BCUT2D eigenvalue weighted by atomic mass is 10.1. The Kier molecular flexibility index (Phi) is 6.65. The molecule has 5 heteroatoms. The highest BCUT2D eigenvalue weighted by atomic mass is 16.6. The molecule has 0 aromatic heterocycles. The number of nitrogens with zero attached hydrogens (tertiary/aromatic N) is 2. The fraction of sp³-hybridized carbons (Fsp3) is 0.0968. The van der Waals surface area contributed by atoms with Crippen molar-refractivity contribution in [3.8, 4) is 29.4 Å². The van der Waals surface area contributed by atoms with E-state index in [1.54, 1.807) is 18.2 Å². The molecule has 0 unspecified atom stereocenters. The van der Waals surface area contributed by atoms with Crippen molar-refractivity contribution < 1.29 is 14.2 Å². The third kappa shape index (κ3) is 5.22. The maximum absolute atomic E-state index is 9.38. The lowest BCUT2D eigenvalue weighted by molar-refractivity contribution is 0.0813. The largest absolute Gasteiger partial charge is 0.490 e. The van der Waals surface area contributed by atoms with Gasteiger partial charge in [-0.25, -0.2) is 0 Å². The van der Waals surface area contributed by atoms with Crippen LogP contribution in [0.4, 0.5) is 0 Å². The first-order valence-electron chi connectivity index (χ1n) is 11.6. The second kappa shape index (κ2) is 10.5. The number of nitriles is 2. The fourth-order valence-electron chi connectivity index (χ4n) is 3.99. The van der Waals surface area contributed by atoms with Crippen molar-refractivity contribution in [1.29, 1.82) is 10.5 Å². The van der Waals surface area contributed by atoms with Gasteiger partial charge in [0.2, 0.25) is 0 Å². The predicted octanol–water partition coefficient (Wildman–Crippen LogP) is 6.64. The van der Waals surface area contributed by atoms with Crippen LogP contribution >= 0.6 is 0 Å². The predicted molar refractivity (Wildman–Crippen MR) is 139 cm³/mol.